The van der Waals surface area contributed by atoms with E-state index in [1.165, 1.54) is 5.06 Å². The lowest BCUT2D eigenvalue weighted by molar-refractivity contribution is -0.0972. The van der Waals surface area contributed by atoms with Crippen LogP contribution in [0.15, 0.2) is 24.3 Å². The second-order valence-corrected chi connectivity index (χ2v) is 4.68. The highest BCUT2D eigenvalue weighted by molar-refractivity contribution is 14.1. The van der Waals surface area contributed by atoms with Crippen LogP contribution in [-0.2, 0) is 4.84 Å². The number of benzene rings is 1. The number of carbonyl (C=O) groups is 1. The number of hydrogen-bond acceptors (Lipinski definition) is 2. The van der Waals surface area contributed by atoms with Crippen LogP contribution < -0.4 is 4.90 Å². The van der Waals surface area contributed by atoms with Crippen molar-refractivity contribution >= 4 is 34.3 Å². The van der Waals surface area contributed by atoms with Crippen molar-refractivity contribution in [1.29, 1.82) is 0 Å². The van der Waals surface area contributed by atoms with Crippen molar-refractivity contribution in [2.45, 2.75) is 6.92 Å². The molecule has 1 aliphatic heterocycles. The van der Waals surface area contributed by atoms with Gasteiger partial charge in [0.2, 0.25) is 0 Å². The number of rotatable bonds is 3. The maximum Gasteiger partial charge on any atom is 0.348 e. The molecule has 1 fully saturated rings. The molecule has 2 amide bonds. The number of urea groups is 1. The van der Waals surface area contributed by atoms with Crippen LogP contribution in [0.25, 0.3) is 0 Å². The predicted molar refractivity (Wildman–Crippen MR) is 70.2 cm³/mol. The molecule has 0 aromatic heterocycles. The quantitative estimate of drug-likeness (QED) is 0.797. The molecule has 1 aromatic carbocycles. The van der Waals surface area contributed by atoms with Gasteiger partial charge in [-0.15, -0.1) is 0 Å². The first-order valence-electron chi connectivity index (χ1n) is 5.20. The van der Waals surface area contributed by atoms with E-state index >= 15 is 0 Å². The Morgan fingerprint density at radius 1 is 1.31 bits per heavy atom. The second kappa shape index (κ2) is 5.01. The molecular formula is C11H13IN2O2. The van der Waals surface area contributed by atoms with Gasteiger partial charge in [-0.1, -0.05) is 0 Å². The van der Waals surface area contributed by atoms with Crippen molar-refractivity contribution in [3.05, 3.63) is 27.8 Å². The summed E-state index contributed by atoms with van der Waals surface area (Å²) < 4.78 is 1.16. The molecule has 2 rings (SSSR count). The average Bonchev–Trinajstić information content (AvgIpc) is 2.63. The zero-order valence-corrected chi connectivity index (χ0v) is 11.2. The molecule has 0 unspecified atom stereocenters. The number of amides is 2. The molecule has 0 radical (unpaired) electrons. The number of carbonyl (C=O) groups excluding carboxylic acids is 1. The van der Waals surface area contributed by atoms with Crippen molar-refractivity contribution in [3.63, 3.8) is 0 Å². The lowest BCUT2D eigenvalue weighted by atomic mass is 10.3. The fraction of sp³-hybridized carbons (Fsp3) is 0.364. The van der Waals surface area contributed by atoms with Crippen LogP contribution in [0.4, 0.5) is 10.5 Å². The molecule has 0 bridgehead atoms. The monoisotopic (exact) mass is 332 g/mol. The van der Waals surface area contributed by atoms with Gasteiger partial charge in [-0.25, -0.2) is 9.86 Å². The molecular weight excluding hydrogens is 319 g/mol. The van der Waals surface area contributed by atoms with E-state index in [-0.39, 0.29) is 6.03 Å². The van der Waals surface area contributed by atoms with Crippen LogP contribution in [0.2, 0.25) is 0 Å². The summed E-state index contributed by atoms with van der Waals surface area (Å²) in [5.41, 5.74) is 0.924. The van der Waals surface area contributed by atoms with Crippen LogP contribution in [0.1, 0.15) is 6.92 Å². The minimum absolute atomic E-state index is 0.0805. The summed E-state index contributed by atoms with van der Waals surface area (Å²) in [5.74, 6) is 0. The first kappa shape index (κ1) is 11.7. The third-order valence-electron chi connectivity index (χ3n) is 2.39. The molecule has 1 aromatic rings. The first-order valence-corrected chi connectivity index (χ1v) is 6.27. The van der Waals surface area contributed by atoms with Crippen molar-refractivity contribution in [2.24, 2.45) is 0 Å². The van der Waals surface area contributed by atoms with Crippen LogP contribution in [0.5, 0.6) is 0 Å². The summed E-state index contributed by atoms with van der Waals surface area (Å²) in [4.78, 5) is 18.9. The lowest BCUT2D eigenvalue weighted by Gasteiger charge is -2.17. The van der Waals surface area contributed by atoms with E-state index in [1.807, 2.05) is 31.2 Å². The van der Waals surface area contributed by atoms with Gasteiger partial charge in [0.15, 0.2) is 0 Å². The Bertz CT molecular complexity index is 380. The highest BCUT2D eigenvalue weighted by Crippen LogP contribution is 2.21. The molecule has 0 atom stereocenters. The van der Waals surface area contributed by atoms with Crippen LogP contribution in [-0.4, -0.2) is 30.8 Å². The van der Waals surface area contributed by atoms with Crippen LogP contribution >= 0.6 is 22.6 Å². The van der Waals surface area contributed by atoms with Gasteiger partial charge >= 0.3 is 6.03 Å². The Balaban J connectivity index is 2.12. The molecule has 4 nitrogen and oxygen atoms in total. The Morgan fingerprint density at radius 3 is 2.62 bits per heavy atom. The van der Waals surface area contributed by atoms with E-state index < -0.39 is 0 Å². The van der Waals surface area contributed by atoms with E-state index in [9.17, 15) is 4.79 Å². The maximum atomic E-state index is 11.9. The standard InChI is InChI=1S/C11H13IN2O2/c1-2-16-14-8-7-13(11(14)15)10-5-3-9(12)4-6-10/h3-6H,2,7-8H2,1H3. The predicted octanol–water partition coefficient (Wildman–Crippen LogP) is 2.48. The normalized spacial score (nSPS) is 16.0. The third-order valence-corrected chi connectivity index (χ3v) is 3.11. The van der Waals surface area contributed by atoms with Gasteiger partial charge in [0.05, 0.1) is 13.2 Å². The molecule has 0 aliphatic carbocycles. The maximum absolute atomic E-state index is 11.9. The number of nitrogens with zero attached hydrogens (tertiary/aromatic N) is 2. The molecule has 0 spiro atoms. The minimum atomic E-state index is -0.0805. The fourth-order valence-electron chi connectivity index (χ4n) is 1.65. The Morgan fingerprint density at radius 2 is 2.00 bits per heavy atom. The third kappa shape index (κ3) is 2.30. The smallest absolute Gasteiger partial charge is 0.291 e. The van der Waals surface area contributed by atoms with Crippen molar-refractivity contribution in [2.75, 3.05) is 24.6 Å². The van der Waals surface area contributed by atoms with Crippen molar-refractivity contribution in [3.8, 4) is 0 Å². The zero-order chi connectivity index (χ0) is 11.5. The van der Waals surface area contributed by atoms with Gasteiger partial charge < -0.3 is 0 Å². The summed E-state index contributed by atoms with van der Waals surface area (Å²) in [7, 11) is 0. The van der Waals surface area contributed by atoms with Crippen LogP contribution in [0, 0.1) is 3.57 Å². The molecule has 0 saturated carbocycles. The summed E-state index contributed by atoms with van der Waals surface area (Å²) >= 11 is 2.24. The average molecular weight is 332 g/mol. The summed E-state index contributed by atoms with van der Waals surface area (Å²) in [6.45, 7) is 3.70. The molecule has 16 heavy (non-hydrogen) atoms. The summed E-state index contributed by atoms with van der Waals surface area (Å²) in [5, 5.41) is 1.41. The molecule has 1 heterocycles. The molecule has 5 heteroatoms. The SMILES string of the molecule is CCON1CCN(c2ccc(I)cc2)C1=O. The van der Waals surface area contributed by atoms with E-state index in [2.05, 4.69) is 22.6 Å². The van der Waals surface area contributed by atoms with E-state index in [0.29, 0.717) is 19.7 Å². The first-order chi connectivity index (χ1) is 7.72. The van der Waals surface area contributed by atoms with Gasteiger partial charge in [-0.05, 0) is 53.8 Å². The molecule has 1 saturated heterocycles. The highest BCUT2D eigenvalue weighted by atomic mass is 127. The molecule has 86 valence electrons. The largest absolute Gasteiger partial charge is 0.348 e. The Kier molecular flexibility index (Phi) is 3.65. The number of halogens is 1. The van der Waals surface area contributed by atoms with E-state index in [4.69, 9.17) is 4.84 Å². The van der Waals surface area contributed by atoms with Crippen LogP contribution in [0.3, 0.4) is 0 Å². The molecule has 1 aliphatic rings. The zero-order valence-electron chi connectivity index (χ0n) is 9.02. The number of anilines is 1. The summed E-state index contributed by atoms with van der Waals surface area (Å²) in [6.07, 6.45) is 0. The van der Waals surface area contributed by atoms with Crippen molar-refractivity contribution < 1.29 is 9.63 Å². The topological polar surface area (TPSA) is 32.8 Å². The minimum Gasteiger partial charge on any atom is -0.291 e. The molecule has 0 N–H and O–H groups in total. The van der Waals surface area contributed by atoms with Crippen molar-refractivity contribution in [1.82, 2.24) is 5.06 Å². The fourth-order valence-corrected chi connectivity index (χ4v) is 2.01. The van der Waals surface area contributed by atoms with Gasteiger partial charge in [0, 0.05) is 15.8 Å². The second-order valence-electron chi connectivity index (χ2n) is 3.43. The van der Waals surface area contributed by atoms with E-state index in [1.54, 1.807) is 4.90 Å². The summed E-state index contributed by atoms with van der Waals surface area (Å²) in [6, 6.07) is 7.81. The Labute approximate surface area is 108 Å². The van der Waals surface area contributed by atoms with Gasteiger partial charge in [0.1, 0.15) is 0 Å². The Hall–Kier alpha value is -0.820. The number of hydrogen-bond donors (Lipinski definition) is 0. The number of hydroxylamine groups is 2. The highest BCUT2D eigenvalue weighted by Gasteiger charge is 2.30. The van der Waals surface area contributed by atoms with Gasteiger partial charge in [-0.3, -0.25) is 9.74 Å². The van der Waals surface area contributed by atoms with E-state index in [0.717, 1.165) is 9.26 Å². The lowest BCUT2D eigenvalue weighted by Crippen LogP contribution is -2.31. The van der Waals surface area contributed by atoms with Gasteiger partial charge in [-0.2, -0.15) is 0 Å². The van der Waals surface area contributed by atoms with Gasteiger partial charge in [0.25, 0.3) is 0 Å².